The molecule has 1 N–H and O–H groups in total. The number of carbonyl (C=O) groups excluding carboxylic acids is 1. The molecule has 1 aromatic carbocycles. The van der Waals surface area contributed by atoms with Crippen molar-refractivity contribution in [2.24, 2.45) is 5.92 Å². The number of alkyl halides is 1. The van der Waals surface area contributed by atoms with Crippen molar-refractivity contribution in [3.8, 4) is 0 Å². The lowest BCUT2D eigenvalue weighted by Gasteiger charge is -2.32. The number of aliphatic carboxylic acids is 1. The maximum absolute atomic E-state index is 13.1. The van der Waals surface area contributed by atoms with Crippen molar-refractivity contribution in [1.82, 2.24) is 4.90 Å². The molecule has 1 aliphatic heterocycles. The number of carbonyl (C=O) groups is 2. The van der Waals surface area contributed by atoms with E-state index in [1.165, 1.54) is 11.0 Å². The molecular weight excluding hydrogens is 391 g/mol. The topological polar surface area (TPSA) is 57.6 Å². The molecule has 1 heterocycles. The summed E-state index contributed by atoms with van der Waals surface area (Å²) in [5.74, 6) is -5.53. The molecule has 1 unspecified atom stereocenters. The SMILES string of the molecule is O=C(O)C(Br)C1CCN(C(=O)C=Cc2cc(F)c(F)c(F)c2)CC1. The van der Waals surface area contributed by atoms with Crippen LogP contribution in [-0.4, -0.2) is 39.8 Å². The van der Waals surface area contributed by atoms with E-state index in [0.29, 0.717) is 25.9 Å². The van der Waals surface area contributed by atoms with E-state index < -0.39 is 28.2 Å². The van der Waals surface area contributed by atoms with Crippen LogP contribution in [0.1, 0.15) is 18.4 Å². The summed E-state index contributed by atoms with van der Waals surface area (Å²) < 4.78 is 39.1. The van der Waals surface area contributed by atoms with Crippen LogP contribution in [0.5, 0.6) is 0 Å². The largest absolute Gasteiger partial charge is 0.480 e. The summed E-state index contributed by atoms with van der Waals surface area (Å²) in [5, 5.41) is 8.96. The molecule has 24 heavy (non-hydrogen) atoms. The second-order valence-electron chi connectivity index (χ2n) is 5.53. The van der Waals surface area contributed by atoms with Crippen LogP contribution < -0.4 is 0 Å². The van der Waals surface area contributed by atoms with E-state index in [0.717, 1.165) is 18.2 Å². The minimum Gasteiger partial charge on any atom is -0.480 e. The van der Waals surface area contributed by atoms with Gasteiger partial charge in [0.25, 0.3) is 0 Å². The molecule has 4 nitrogen and oxygen atoms in total. The van der Waals surface area contributed by atoms with Gasteiger partial charge in [0.05, 0.1) is 0 Å². The zero-order valence-corrected chi connectivity index (χ0v) is 14.1. The Hall–Kier alpha value is -1.83. The third-order valence-corrected chi connectivity index (χ3v) is 5.06. The van der Waals surface area contributed by atoms with Crippen molar-refractivity contribution < 1.29 is 27.9 Å². The third kappa shape index (κ3) is 4.37. The number of amides is 1. The average Bonchev–Trinajstić information content (AvgIpc) is 2.56. The maximum Gasteiger partial charge on any atom is 0.317 e. The molecule has 2 rings (SSSR count). The molecule has 0 spiro atoms. The number of rotatable bonds is 4. The molecule has 0 aromatic heterocycles. The number of carboxylic acids is 1. The highest BCUT2D eigenvalue weighted by molar-refractivity contribution is 9.10. The summed E-state index contributed by atoms with van der Waals surface area (Å²) >= 11 is 3.12. The highest BCUT2D eigenvalue weighted by Gasteiger charge is 2.30. The van der Waals surface area contributed by atoms with Crippen molar-refractivity contribution in [1.29, 1.82) is 0 Å². The van der Waals surface area contributed by atoms with Gasteiger partial charge in [-0.15, -0.1) is 0 Å². The first kappa shape index (κ1) is 18.5. The Morgan fingerprint density at radius 1 is 1.21 bits per heavy atom. The predicted octanol–water partition coefficient (Wildman–Crippen LogP) is 3.20. The molecule has 1 fully saturated rings. The molecule has 0 aliphatic carbocycles. The molecule has 1 amide bonds. The summed E-state index contributed by atoms with van der Waals surface area (Å²) in [6, 6.07) is 1.60. The van der Waals surface area contributed by atoms with Crippen LogP contribution in [0.3, 0.4) is 0 Å². The van der Waals surface area contributed by atoms with Crippen molar-refractivity contribution in [3.63, 3.8) is 0 Å². The summed E-state index contributed by atoms with van der Waals surface area (Å²) in [6.07, 6.45) is 3.46. The van der Waals surface area contributed by atoms with Crippen LogP contribution in [0.4, 0.5) is 13.2 Å². The van der Waals surface area contributed by atoms with Crippen molar-refractivity contribution in [3.05, 3.63) is 41.2 Å². The van der Waals surface area contributed by atoms with Gasteiger partial charge < -0.3 is 10.0 Å². The molecule has 1 aromatic rings. The lowest BCUT2D eigenvalue weighted by Crippen LogP contribution is -2.40. The summed E-state index contributed by atoms with van der Waals surface area (Å²) in [6.45, 7) is 0.796. The van der Waals surface area contributed by atoms with Gasteiger partial charge in [-0.3, -0.25) is 9.59 Å². The van der Waals surface area contributed by atoms with E-state index in [9.17, 15) is 22.8 Å². The molecular formula is C16H15BrF3NO3. The standard InChI is InChI=1S/C16H15BrF3NO3/c17-14(16(23)24)10-3-5-21(6-4-10)13(22)2-1-9-7-11(18)15(20)12(19)8-9/h1-2,7-8,10,14H,3-6H2,(H,23,24). The first-order chi connectivity index (χ1) is 11.3. The Bertz CT molecular complexity index is 650. The van der Waals surface area contributed by atoms with E-state index in [2.05, 4.69) is 15.9 Å². The second-order valence-corrected chi connectivity index (χ2v) is 6.52. The zero-order valence-electron chi connectivity index (χ0n) is 12.5. The van der Waals surface area contributed by atoms with Gasteiger partial charge in [-0.1, -0.05) is 15.9 Å². The molecule has 0 saturated carbocycles. The van der Waals surface area contributed by atoms with Crippen molar-refractivity contribution in [2.45, 2.75) is 17.7 Å². The van der Waals surface area contributed by atoms with Gasteiger partial charge in [0, 0.05) is 19.2 Å². The number of benzene rings is 1. The minimum atomic E-state index is -1.55. The maximum atomic E-state index is 13.1. The van der Waals surface area contributed by atoms with E-state index in [-0.39, 0.29) is 17.4 Å². The number of nitrogens with zero attached hydrogens (tertiary/aromatic N) is 1. The monoisotopic (exact) mass is 405 g/mol. The number of hydrogen-bond donors (Lipinski definition) is 1. The zero-order chi connectivity index (χ0) is 17.9. The lowest BCUT2D eigenvalue weighted by molar-refractivity contribution is -0.137. The number of hydrogen-bond acceptors (Lipinski definition) is 2. The van der Waals surface area contributed by atoms with Crippen LogP contribution in [-0.2, 0) is 9.59 Å². The molecule has 1 saturated heterocycles. The fourth-order valence-electron chi connectivity index (χ4n) is 2.56. The smallest absolute Gasteiger partial charge is 0.317 e. The summed E-state index contributed by atoms with van der Waals surface area (Å²) in [7, 11) is 0. The van der Waals surface area contributed by atoms with Crippen LogP contribution in [0.15, 0.2) is 18.2 Å². The fourth-order valence-corrected chi connectivity index (χ4v) is 3.09. The second kappa shape index (κ2) is 7.83. The van der Waals surface area contributed by atoms with Gasteiger partial charge in [-0.2, -0.15) is 0 Å². The van der Waals surface area contributed by atoms with E-state index in [1.807, 2.05) is 0 Å². The normalized spacial score (nSPS) is 17.2. The Labute approximate surface area is 145 Å². The number of carboxylic acid groups (broad SMARTS) is 1. The Morgan fingerprint density at radius 3 is 2.25 bits per heavy atom. The van der Waals surface area contributed by atoms with Gasteiger partial charge in [0.15, 0.2) is 17.5 Å². The number of piperidine rings is 1. The van der Waals surface area contributed by atoms with E-state index in [1.54, 1.807) is 0 Å². The average molecular weight is 406 g/mol. The van der Waals surface area contributed by atoms with Gasteiger partial charge in [-0.05, 0) is 42.5 Å². The summed E-state index contributed by atoms with van der Waals surface area (Å²) in [4.78, 5) is 23.9. The van der Waals surface area contributed by atoms with Crippen molar-refractivity contribution >= 4 is 33.9 Å². The molecule has 1 aliphatic rings. The summed E-state index contributed by atoms with van der Waals surface area (Å²) in [5.41, 5.74) is 0.0426. The Kier molecular flexibility index (Phi) is 6.04. The number of halogens is 4. The minimum absolute atomic E-state index is 0.0426. The highest BCUT2D eigenvalue weighted by Crippen LogP contribution is 2.26. The van der Waals surface area contributed by atoms with E-state index in [4.69, 9.17) is 5.11 Å². The van der Waals surface area contributed by atoms with Crippen LogP contribution in [0.2, 0.25) is 0 Å². The molecule has 0 radical (unpaired) electrons. The van der Waals surface area contributed by atoms with Gasteiger partial charge in [0.2, 0.25) is 5.91 Å². The lowest BCUT2D eigenvalue weighted by atomic mass is 9.93. The Morgan fingerprint density at radius 2 is 1.75 bits per heavy atom. The van der Waals surface area contributed by atoms with Gasteiger partial charge in [-0.25, -0.2) is 13.2 Å². The van der Waals surface area contributed by atoms with E-state index >= 15 is 0 Å². The Balaban J connectivity index is 1.95. The van der Waals surface area contributed by atoms with Crippen LogP contribution in [0, 0.1) is 23.4 Å². The van der Waals surface area contributed by atoms with Gasteiger partial charge in [0.1, 0.15) is 4.83 Å². The first-order valence-electron chi connectivity index (χ1n) is 7.28. The first-order valence-corrected chi connectivity index (χ1v) is 8.19. The molecule has 1 atom stereocenters. The number of likely N-dealkylation sites (tertiary alicyclic amines) is 1. The fraction of sp³-hybridized carbons (Fsp3) is 0.375. The molecule has 130 valence electrons. The van der Waals surface area contributed by atoms with Crippen LogP contribution >= 0.6 is 15.9 Å². The molecule has 8 heteroatoms. The molecule has 0 bridgehead atoms. The van der Waals surface area contributed by atoms with Crippen molar-refractivity contribution in [2.75, 3.05) is 13.1 Å². The highest BCUT2D eigenvalue weighted by atomic mass is 79.9. The van der Waals surface area contributed by atoms with Gasteiger partial charge >= 0.3 is 5.97 Å². The predicted molar refractivity (Wildman–Crippen MR) is 85.0 cm³/mol. The quantitative estimate of drug-likeness (QED) is 0.475. The third-order valence-electron chi connectivity index (χ3n) is 3.93. The van der Waals surface area contributed by atoms with Crippen LogP contribution in [0.25, 0.3) is 6.08 Å².